The van der Waals surface area contributed by atoms with E-state index >= 15 is 0 Å². The normalized spacial score (nSPS) is 10.5. The van der Waals surface area contributed by atoms with E-state index in [2.05, 4.69) is 10.1 Å². The highest BCUT2D eigenvalue weighted by molar-refractivity contribution is 5.92. The Bertz CT molecular complexity index is 812. The smallest absolute Gasteiger partial charge is 0.387 e. The number of alkyl halides is 2. The summed E-state index contributed by atoms with van der Waals surface area (Å²) in [6, 6.07) is 9.40. The minimum Gasteiger partial charge on any atom is -0.493 e. The summed E-state index contributed by atoms with van der Waals surface area (Å²) >= 11 is 0. The van der Waals surface area contributed by atoms with E-state index in [1.165, 1.54) is 31.4 Å². The number of carbonyl (C=O) groups is 2. The van der Waals surface area contributed by atoms with Gasteiger partial charge in [-0.15, -0.1) is 0 Å². The number of rotatable bonds is 9. The van der Waals surface area contributed by atoms with Crippen LogP contribution in [0.3, 0.4) is 0 Å². The van der Waals surface area contributed by atoms with Gasteiger partial charge in [-0.2, -0.15) is 8.78 Å². The van der Waals surface area contributed by atoms with Crippen molar-refractivity contribution in [2.45, 2.75) is 13.0 Å². The first-order chi connectivity index (χ1) is 13.4. The molecule has 0 aliphatic rings. The minimum absolute atomic E-state index is 0.0116. The van der Waals surface area contributed by atoms with Crippen molar-refractivity contribution in [2.75, 3.05) is 20.3 Å². The molecule has 150 valence electrons. The Kier molecular flexibility index (Phi) is 7.67. The van der Waals surface area contributed by atoms with Crippen LogP contribution in [0, 0.1) is 5.82 Å². The third kappa shape index (κ3) is 6.49. The van der Waals surface area contributed by atoms with E-state index in [-0.39, 0.29) is 29.4 Å². The van der Waals surface area contributed by atoms with Crippen molar-refractivity contribution in [2.24, 2.45) is 0 Å². The predicted octanol–water partition coefficient (Wildman–Crippen LogP) is 2.95. The summed E-state index contributed by atoms with van der Waals surface area (Å²) in [6.45, 7) is -3.26. The maximum absolute atomic E-state index is 12.8. The molecule has 0 aliphatic carbocycles. The average molecular weight is 397 g/mol. The van der Waals surface area contributed by atoms with E-state index in [1.807, 2.05) is 0 Å². The number of benzene rings is 2. The SMILES string of the molecule is COc1cc(C(=O)OCC(=O)NCCc2ccc(F)cc2)ccc1OC(F)F. The van der Waals surface area contributed by atoms with Crippen molar-refractivity contribution in [3.63, 3.8) is 0 Å². The Balaban J connectivity index is 1.80. The van der Waals surface area contributed by atoms with Gasteiger partial charge in [0.15, 0.2) is 18.1 Å². The number of methoxy groups -OCH3 is 1. The van der Waals surface area contributed by atoms with Crippen LogP contribution in [0.5, 0.6) is 11.5 Å². The summed E-state index contributed by atoms with van der Waals surface area (Å²) in [5.41, 5.74) is 0.856. The van der Waals surface area contributed by atoms with Crippen molar-refractivity contribution >= 4 is 11.9 Å². The van der Waals surface area contributed by atoms with Crippen molar-refractivity contribution in [3.05, 3.63) is 59.4 Å². The molecule has 0 saturated heterocycles. The first kappa shape index (κ1) is 21.1. The molecule has 0 fully saturated rings. The molecule has 0 atom stereocenters. The highest BCUT2D eigenvalue weighted by atomic mass is 19.3. The van der Waals surface area contributed by atoms with Gasteiger partial charge in [0, 0.05) is 6.54 Å². The molecule has 0 aromatic heterocycles. The predicted molar refractivity (Wildman–Crippen MR) is 93.0 cm³/mol. The lowest BCUT2D eigenvalue weighted by atomic mass is 10.1. The van der Waals surface area contributed by atoms with Gasteiger partial charge in [-0.1, -0.05) is 12.1 Å². The first-order valence-corrected chi connectivity index (χ1v) is 8.20. The van der Waals surface area contributed by atoms with Gasteiger partial charge < -0.3 is 19.5 Å². The molecule has 2 aromatic carbocycles. The number of amides is 1. The van der Waals surface area contributed by atoms with Crippen molar-refractivity contribution in [1.29, 1.82) is 0 Å². The molecule has 6 nitrogen and oxygen atoms in total. The topological polar surface area (TPSA) is 73.9 Å². The second-order valence-corrected chi connectivity index (χ2v) is 5.55. The van der Waals surface area contributed by atoms with Crippen molar-refractivity contribution < 1.29 is 37.0 Å². The van der Waals surface area contributed by atoms with E-state index in [4.69, 9.17) is 9.47 Å². The Hall–Kier alpha value is -3.23. The number of halogens is 3. The summed E-state index contributed by atoms with van der Waals surface area (Å²) in [7, 11) is 1.23. The number of hydrogen-bond donors (Lipinski definition) is 1. The molecule has 1 amide bonds. The third-order valence-corrected chi connectivity index (χ3v) is 3.60. The number of carbonyl (C=O) groups excluding carboxylic acids is 2. The Labute approximate surface area is 159 Å². The Morgan fingerprint density at radius 2 is 1.79 bits per heavy atom. The maximum atomic E-state index is 12.8. The van der Waals surface area contributed by atoms with Gasteiger partial charge in [0.25, 0.3) is 5.91 Å². The summed E-state index contributed by atoms with van der Waals surface area (Å²) in [5.74, 6) is -1.98. The molecule has 0 radical (unpaired) electrons. The summed E-state index contributed by atoms with van der Waals surface area (Å²) in [6.07, 6.45) is 0.489. The number of esters is 1. The van der Waals surface area contributed by atoms with Gasteiger partial charge in [-0.25, -0.2) is 9.18 Å². The van der Waals surface area contributed by atoms with Crippen LogP contribution in [0.4, 0.5) is 13.2 Å². The molecule has 9 heteroatoms. The fourth-order valence-electron chi connectivity index (χ4n) is 2.25. The average Bonchev–Trinajstić information content (AvgIpc) is 2.67. The monoisotopic (exact) mass is 397 g/mol. The lowest BCUT2D eigenvalue weighted by Gasteiger charge is -2.11. The van der Waals surface area contributed by atoms with Crippen molar-refractivity contribution in [3.8, 4) is 11.5 Å². The molecule has 0 unspecified atom stereocenters. The van der Waals surface area contributed by atoms with Crippen LogP contribution in [0.2, 0.25) is 0 Å². The second-order valence-electron chi connectivity index (χ2n) is 5.55. The number of nitrogens with one attached hydrogen (secondary N) is 1. The van der Waals surface area contributed by atoms with Crippen molar-refractivity contribution in [1.82, 2.24) is 5.32 Å². The highest BCUT2D eigenvalue weighted by Crippen LogP contribution is 2.29. The molecular formula is C19H18F3NO5. The minimum atomic E-state index is -3.04. The maximum Gasteiger partial charge on any atom is 0.387 e. The van der Waals surface area contributed by atoms with E-state index < -0.39 is 25.1 Å². The largest absolute Gasteiger partial charge is 0.493 e. The fraction of sp³-hybridized carbons (Fsp3) is 0.263. The van der Waals surface area contributed by atoms with Crippen LogP contribution >= 0.6 is 0 Å². The molecule has 0 bridgehead atoms. The van der Waals surface area contributed by atoms with Crippen LogP contribution < -0.4 is 14.8 Å². The molecule has 0 spiro atoms. The van der Waals surface area contributed by atoms with E-state index in [9.17, 15) is 22.8 Å². The number of ether oxygens (including phenoxy) is 3. The standard InChI is InChI=1S/C19H18F3NO5/c1-26-16-10-13(4-7-15(16)28-19(21)22)18(25)27-11-17(24)23-9-8-12-2-5-14(20)6-3-12/h2-7,10,19H,8-9,11H2,1H3,(H,23,24). The lowest BCUT2D eigenvalue weighted by Crippen LogP contribution is -2.30. The van der Waals surface area contributed by atoms with Crippen LogP contribution in [0.1, 0.15) is 15.9 Å². The Morgan fingerprint density at radius 3 is 2.43 bits per heavy atom. The van der Waals surface area contributed by atoms with E-state index in [0.29, 0.717) is 6.42 Å². The fourth-order valence-corrected chi connectivity index (χ4v) is 2.25. The first-order valence-electron chi connectivity index (χ1n) is 8.20. The molecule has 2 aromatic rings. The zero-order valence-corrected chi connectivity index (χ0v) is 14.9. The van der Waals surface area contributed by atoms with Gasteiger partial charge in [0.05, 0.1) is 12.7 Å². The second kappa shape index (κ2) is 10.2. The molecule has 2 rings (SSSR count). The third-order valence-electron chi connectivity index (χ3n) is 3.60. The van der Waals surface area contributed by atoms with Crippen LogP contribution in [0.25, 0.3) is 0 Å². The van der Waals surface area contributed by atoms with Gasteiger partial charge in [-0.05, 0) is 42.3 Å². The molecule has 0 saturated carbocycles. The highest BCUT2D eigenvalue weighted by Gasteiger charge is 2.16. The summed E-state index contributed by atoms with van der Waals surface area (Å²) in [4.78, 5) is 23.7. The molecular weight excluding hydrogens is 379 g/mol. The molecule has 0 heterocycles. The van der Waals surface area contributed by atoms with Gasteiger partial charge in [0.1, 0.15) is 5.82 Å². The van der Waals surface area contributed by atoms with E-state index in [1.54, 1.807) is 12.1 Å². The quantitative estimate of drug-likeness (QED) is 0.659. The molecule has 1 N–H and O–H groups in total. The lowest BCUT2D eigenvalue weighted by molar-refractivity contribution is -0.124. The van der Waals surface area contributed by atoms with Crippen LogP contribution in [0.15, 0.2) is 42.5 Å². The zero-order chi connectivity index (χ0) is 20.5. The number of hydrogen-bond acceptors (Lipinski definition) is 5. The van der Waals surface area contributed by atoms with Gasteiger partial charge in [-0.3, -0.25) is 4.79 Å². The van der Waals surface area contributed by atoms with Gasteiger partial charge >= 0.3 is 12.6 Å². The van der Waals surface area contributed by atoms with E-state index in [0.717, 1.165) is 11.6 Å². The zero-order valence-electron chi connectivity index (χ0n) is 14.9. The summed E-state index contributed by atoms with van der Waals surface area (Å²) in [5, 5.41) is 2.57. The van der Waals surface area contributed by atoms with Crippen LogP contribution in [-0.4, -0.2) is 38.7 Å². The molecule has 0 aliphatic heterocycles. The Morgan fingerprint density at radius 1 is 1.07 bits per heavy atom. The van der Waals surface area contributed by atoms with Crippen LogP contribution in [-0.2, 0) is 16.0 Å². The summed E-state index contributed by atoms with van der Waals surface area (Å²) < 4.78 is 51.5. The molecule has 28 heavy (non-hydrogen) atoms. The van der Waals surface area contributed by atoms with Gasteiger partial charge in [0.2, 0.25) is 0 Å².